The van der Waals surface area contributed by atoms with Gasteiger partial charge in [-0.1, -0.05) is 11.6 Å². The van der Waals surface area contributed by atoms with Crippen LogP contribution in [0.2, 0.25) is 4.34 Å². The lowest BCUT2D eigenvalue weighted by Crippen LogP contribution is -2.26. The topological polar surface area (TPSA) is 64.2 Å². The van der Waals surface area contributed by atoms with Crippen molar-refractivity contribution in [1.82, 2.24) is 14.5 Å². The molecule has 2 N–H and O–H groups in total. The van der Waals surface area contributed by atoms with Crippen LogP contribution in [0, 0.1) is 0 Å². The molecule has 2 heterocycles. The molecule has 0 aliphatic heterocycles. The molecule has 0 saturated carbocycles. The molecule has 0 fully saturated rings. The SMILES string of the molecule is CN(Cc1ccc(Cl)s1)C(=O)c1cn(CCN)cn1. The predicted molar refractivity (Wildman–Crippen MR) is 76.4 cm³/mol. The van der Waals surface area contributed by atoms with Crippen molar-refractivity contribution in [3.05, 3.63) is 39.6 Å². The molecule has 0 atom stereocenters. The van der Waals surface area contributed by atoms with Gasteiger partial charge < -0.3 is 15.2 Å². The first-order chi connectivity index (χ1) is 9.10. The molecule has 2 aromatic heterocycles. The number of imidazole rings is 1. The Kier molecular flexibility index (Phi) is 4.57. The summed E-state index contributed by atoms with van der Waals surface area (Å²) in [7, 11) is 1.75. The first kappa shape index (κ1) is 14.0. The Hall–Kier alpha value is -1.37. The number of nitrogens with two attached hydrogens (primary N) is 1. The molecule has 2 rings (SSSR count). The number of aromatic nitrogens is 2. The van der Waals surface area contributed by atoms with E-state index >= 15 is 0 Å². The van der Waals surface area contributed by atoms with Crippen LogP contribution in [0.5, 0.6) is 0 Å². The summed E-state index contributed by atoms with van der Waals surface area (Å²) in [6.45, 7) is 1.71. The minimum atomic E-state index is -0.111. The lowest BCUT2D eigenvalue weighted by Gasteiger charge is -2.14. The third-order valence-corrected chi connectivity index (χ3v) is 3.82. The molecule has 102 valence electrons. The number of carbonyl (C=O) groups excluding carboxylic acids is 1. The van der Waals surface area contributed by atoms with Crippen molar-refractivity contribution in [2.24, 2.45) is 5.73 Å². The maximum atomic E-state index is 12.2. The smallest absolute Gasteiger partial charge is 0.274 e. The molecule has 0 unspecified atom stereocenters. The highest BCUT2D eigenvalue weighted by Crippen LogP contribution is 2.22. The zero-order chi connectivity index (χ0) is 13.8. The average molecular weight is 299 g/mol. The minimum absolute atomic E-state index is 0.111. The number of carbonyl (C=O) groups is 1. The fraction of sp³-hybridized carbons (Fsp3) is 0.333. The standard InChI is InChI=1S/C12H15ClN4OS/c1-16(6-9-2-3-11(13)19-9)12(18)10-7-17(5-4-14)8-15-10/h2-3,7-8H,4-6,14H2,1H3. The van der Waals surface area contributed by atoms with Gasteiger partial charge in [0.05, 0.1) is 17.2 Å². The van der Waals surface area contributed by atoms with Crippen LogP contribution in [0.3, 0.4) is 0 Å². The number of thiophene rings is 1. The maximum Gasteiger partial charge on any atom is 0.274 e. The fourth-order valence-corrected chi connectivity index (χ4v) is 2.82. The van der Waals surface area contributed by atoms with Crippen LogP contribution in [-0.4, -0.2) is 34.0 Å². The van der Waals surface area contributed by atoms with E-state index in [1.54, 1.807) is 24.5 Å². The van der Waals surface area contributed by atoms with Gasteiger partial charge in [0.15, 0.2) is 0 Å². The van der Waals surface area contributed by atoms with Gasteiger partial charge in [-0.05, 0) is 12.1 Å². The minimum Gasteiger partial charge on any atom is -0.335 e. The van der Waals surface area contributed by atoms with E-state index in [1.807, 2.05) is 16.7 Å². The number of rotatable bonds is 5. The molecule has 0 radical (unpaired) electrons. The second-order valence-corrected chi connectivity index (χ2v) is 5.95. The predicted octanol–water partition coefficient (Wildman–Crippen LogP) is 1.83. The van der Waals surface area contributed by atoms with Gasteiger partial charge >= 0.3 is 0 Å². The zero-order valence-corrected chi connectivity index (χ0v) is 12.1. The molecule has 5 nitrogen and oxygen atoms in total. The van der Waals surface area contributed by atoms with Gasteiger partial charge in [-0.25, -0.2) is 4.98 Å². The fourth-order valence-electron chi connectivity index (χ4n) is 1.68. The van der Waals surface area contributed by atoms with Gasteiger partial charge in [0.1, 0.15) is 5.69 Å². The van der Waals surface area contributed by atoms with Gasteiger partial charge in [0.2, 0.25) is 0 Å². The Morgan fingerprint density at radius 1 is 1.58 bits per heavy atom. The first-order valence-electron chi connectivity index (χ1n) is 5.81. The summed E-state index contributed by atoms with van der Waals surface area (Å²) < 4.78 is 2.53. The Morgan fingerprint density at radius 3 is 3.00 bits per heavy atom. The molecule has 7 heteroatoms. The molecule has 2 aromatic rings. The summed E-state index contributed by atoms with van der Waals surface area (Å²) in [5.41, 5.74) is 5.88. The van der Waals surface area contributed by atoms with Crippen molar-refractivity contribution in [2.75, 3.05) is 13.6 Å². The van der Waals surface area contributed by atoms with Crippen molar-refractivity contribution in [2.45, 2.75) is 13.1 Å². The highest BCUT2D eigenvalue weighted by Gasteiger charge is 2.15. The van der Waals surface area contributed by atoms with Crippen LogP contribution in [0.1, 0.15) is 15.4 Å². The summed E-state index contributed by atoms with van der Waals surface area (Å²) in [5.74, 6) is -0.111. The Balaban J connectivity index is 2.01. The normalized spacial score (nSPS) is 10.7. The lowest BCUT2D eigenvalue weighted by molar-refractivity contribution is 0.0781. The van der Waals surface area contributed by atoms with Crippen LogP contribution in [0.4, 0.5) is 0 Å². The van der Waals surface area contributed by atoms with Crippen molar-refractivity contribution >= 4 is 28.8 Å². The molecule has 0 aromatic carbocycles. The van der Waals surface area contributed by atoms with E-state index < -0.39 is 0 Å². The molecule has 0 saturated heterocycles. The van der Waals surface area contributed by atoms with E-state index in [2.05, 4.69) is 4.98 Å². The van der Waals surface area contributed by atoms with E-state index in [9.17, 15) is 4.79 Å². The van der Waals surface area contributed by atoms with Crippen LogP contribution in [0.15, 0.2) is 24.7 Å². The number of nitrogens with zero attached hydrogens (tertiary/aromatic N) is 3. The summed E-state index contributed by atoms with van der Waals surface area (Å²) in [6, 6.07) is 3.75. The first-order valence-corrected chi connectivity index (χ1v) is 7.01. The Labute approximate surface area is 120 Å². The lowest BCUT2D eigenvalue weighted by atomic mass is 10.3. The van der Waals surface area contributed by atoms with Crippen molar-refractivity contribution in [3.63, 3.8) is 0 Å². The van der Waals surface area contributed by atoms with Crippen molar-refractivity contribution < 1.29 is 4.79 Å². The molecular formula is C12H15ClN4OS. The third kappa shape index (κ3) is 3.56. The second kappa shape index (κ2) is 6.18. The second-order valence-electron chi connectivity index (χ2n) is 4.15. The Bertz CT molecular complexity index is 566. The van der Waals surface area contributed by atoms with Crippen molar-refractivity contribution in [3.8, 4) is 0 Å². The number of halogens is 1. The van der Waals surface area contributed by atoms with E-state index in [1.165, 1.54) is 11.3 Å². The average Bonchev–Trinajstić information content (AvgIpc) is 2.98. The van der Waals surface area contributed by atoms with E-state index in [0.717, 1.165) is 9.21 Å². The molecule has 19 heavy (non-hydrogen) atoms. The summed E-state index contributed by atoms with van der Waals surface area (Å²) in [4.78, 5) is 18.9. The van der Waals surface area contributed by atoms with Gasteiger partial charge in [0, 0.05) is 31.2 Å². The highest BCUT2D eigenvalue weighted by molar-refractivity contribution is 7.16. The van der Waals surface area contributed by atoms with Crippen LogP contribution >= 0.6 is 22.9 Å². The number of hydrogen-bond acceptors (Lipinski definition) is 4. The van der Waals surface area contributed by atoms with E-state index in [4.69, 9.17) is 17.3 Å². The molecule has 0 aliphatic rings. The monoisotopic (exact) mass is 298 g/mol. The van der Waals surface area contributed by atoms with Crippen LogP contribution in [-0.2, 0) is 13.1 Å². The highest BCUT2D eigenvalue weighted by atomic mass is 35.5. The van der Waals surface area contributed by atoms with Gasteiger partial charge in [0.25, 0.3) is 5.91 Å². The molecule has 0 aliphatic carbocycles. The van der Waals surface area contributed by atoms with Crippen LogP contribution < -0.4 is 5.73 Å². The molecule has 0 bridgehead atoms. The quantitative estimate of drug-likeness (QED) is 0.916. The van der Waals surface area contributed by atoms with E-state index in [-0.39, 0.29) is 5.91 Å². The Morgan fingerprint density at radius 2 is 2.37 bits per heavy atom. The summed E-state index contributed by atoms with van der Waals surface area (Å²) in [5, 5.41) is 0. The zero-order valence-electron chi connectivity index (χ0n) is 10.5. The number of amides is 1. The van der Waals surface area contributed by atoms with Gasteiger partial charge in [-0.15, -0.1) is 11.3 Å². The third-order valence-electron chi connectivity index (χ3n) is 2.61. The van der Waals surface area contributed by atoms with Crippen LogP contribution in [0.25, 0.3) is 0 Å². The molecular weight excluding hydrogens is 284 g/mol. The number of hydrogen-bond donors (Lipinski definition) is 1. The maximum absolute atomic E-state index is 12.2. The van der Waals surface area contributed by atoms with E-state index in [0.29, 0.717) is 25.3 Å². The van der Waals surface area contributed by atoms with Gasteiger partial charge in [-0.3, -0.25) is 4.79 Å². The molecule has 0 spiro atoms. The van der Waals surface area contributed by atoms with Crippen molar-refractivity contribution in [1.29, 1.82) is 0 Å². The summed E-state index contributed by atoms with van der Waals surface area (Å²) in [6.07, 6.45) is 3.34. The van der Waals surface area contributed by atoms with Gasteiger partial charge in [-0.2, -0.15) is 0 Å². The summed E-state index contributed by atoms with van der Waals surface area (Å²) >= 11 is 7.34. The largest absolute Gasteiger partial charge is 0.335 e. The molecule has 1 amide bonds.